The second-order valence-corrected chi connectivity index (χ2v) is 5.08. The molecular formula is C13H25N3O3. The fourth-order valence-corrected chi connectivity index (χ4v) is 2.36. The summed E-state index contributed by atoms with van der Waals surface area (Å²) in [5.41, 5.74) is 0. The zero-order valence-corrected chi connectivity index (χ0v) is 11.8. The van der Waals surface area contributed by atoms with Gasteiger partial charge in [0.1, 0.15) is 6.04 Å². The Hall–Kier alpha value is -1.30. The van der Waals surface area contributed by atoms with Gasteiger partial charge in [0.05, 0.1) is 0 Å². The van der Waals surface area contributed by atoms with Crippen LogP contribution in [-0.4, -0.2) is 54.2 Å². The van der Waals surface area contributed by atoms with Gasteiger partial charge < -0.3 is 20.6 Å². The van der Waals surface area contributed by atoms with Crippen LogP contribution in [0.25, 0.3) is 0 Å². The van der Waals surface area contributed by atoms with Gasteiger partial charge in [0.2, 0.25) is 0 Å². The summed E-state index contributed by atoms with van der Waals surface area (Å²) in [5, 5.41) is 14.2. The minimum atomic E-state index is -0.977. The molecule has 1 aliphatic heterocycles. The maximum absolute atomic E-state index is 11.6. The standard InChI is InChI=1S/C13H25N3O3/c1-3-5-11(12(17)18)15-13(19)14-8-10-6-7-16(4-2)9-10/h10-11H,3-9H2,1-2H3,(H,17,18)(H2,14,15,19)/t10?,11-/m1/s1. The predicted octanol–water partition coefficient (Wildman–Crippen LogP) is 0.881. The zero-order valence-electron chi connectivity index (χ0n) is 11.8. The molecule has 1 fully saturated rings. The molecule has 0 aromatic carbocycles. The van der Waals surface area contributed by atoms with Gasteiger partial charge in [-0.2, -0.15) is 0 Å². The van der Waals surface area contributed by atoms with Gasteiger partial charge in [0, 0.05) is 13.1 Å². The fourth-order valence-electron chi connectivity index (χ4n) is 2.36. The molecular weight excluding hydrogens is 246 g/mol. The van der Waals surface area contributed by atoms with Crippen LogP contribution < -0.4 is 10.6 Å². The monoisotopic (exact) mass is 271 g/mol. The topological polar surface area (TPSA) is 81.7 Å². The Bertz CT molecular complexity index is 310. The van der Waals surface area contributed by atoms with Gasteiger partial charge in [-0.15, -0.1) is 0 Å². The summed E-state index contributed by atoms with van der Waals surface area (Å²) in [4.78, 5) is 24.9. The molecule has 0 radical (unpaired) electrons. The molecule has 19 heavy (non-hydrogen) atoms. The van der Waals surface area contributed by atoms with Crippen molar-refractivity contribution in [3.63, 3.8) is 0 Å². The molecule has 1 heterocycles. The van der Waals surface area contributed by atoms with Crippen LogP contribution in [0.4, 0.5) is 4.79 Å². The molecule has 0 bridgehead atoms. The molecule has 110 valence electrons. The van der Waals surface area contributed by atoms with E-state index in [4.69, 9.17) is 5.11 Å². The van der Waals surface area contributed by atoms with Gasteiger partial charge in [0.25, 0.3) is 0 Å². The van der Waals surface area contributed by atoms with Gasteiger partial charge in [-0.3, -0.25) is 0 Å². The van der Waals surface area contributed by atoms with Gasteiger partial charge in [-0.1, -0.05) is 20.3 Å². The third-order valence-electron chi connectivity index (χ3n) is 3.55. The molecule has 0 aromatic heterocycles. The molecule has 0 saturated carbocycles. The van der Waals surface area contributed by atoms with Crippen molar-refractivity contribution in [3.8, 4) is 0 Å². The van der Waals surface area contributed by atoms with E-state index in [9.17, 15) is 9.59 Å². The number of nitrogens with zero attached hydrogens (tertiary/aromatic N) is 1. The Labute approximate surface area is 114 Å². The minimum absolute atomic E-state index is 0.379. The van der Waals surface area contributed by atoms with E-state index in [1.807, 2.05) is 6.92 Å². The lowest BCUT2D eigenvalue weighted by molar-refractivity contribution is -0.139. The van der Waals surface area contributed by atoms with Crippen LogP contribution in [0, 0.1) is 5.92 Å². The van der Waals surface area contributed by atoms with E-state index in [0.29, 0.717) is 18.9 Å². The van der Waals surface area contributed by atoms with Crippen molar-refractivity contribution in [3.05, 3.63) is 0 Å². The smallest absolute Gasteiger partial charge is 0.326 e. The van der Waals surface area contributed by atoms with Crippen molar-refractivity contribution >= 4 is 12.0 Å². The van der Waals surface area contributed by atoms with E-state index in [1.165, 1.54) is 0 Å². The van der Waals surface area contributed by atoms with Crippen LogP contribution in [0.15, 0.2) is 0 Å². The Morgan fingerprint density at radius 3 is 2.68 bits per heavy atom. The summed E-state index contributed by atoms with van der Waals surface area (Å²) < 4.78 is 0. The predicted molar refractivity (Wildman–Crippen MR) is 73.1 cm³/mol. The number of urea groups is 1. The first kappa shape index (κ1) is 15.8. The number of amides is 2. The average molecular weight is 271 g/mol. The van der Waals surface area contributed by atoms with Gasteiger partial charge in [0.15, 0.2) is 0 Å². The third kappa shape index (κ3) is 5.46. The molecule has 6 heteroatoms. The number of carbonyl (C=O) groups is 2. The van der Waals surface area contributed by atoms with Crippen molar-refractivity contribution in [2.24, 2.45) is 5.92 Å². The highest BCUT2D eigenvalue weighted by Gasteiger charge is 2.23. The summed E-state index contributed by atoms with van der Waals surface area (Å²) in [5.74, 6) is -0.504. The highest BCUT2D eigenvalue weighted by Crippen LogP contribution is 2.14. The molecule has 6 nitrogen and oxygen atoms in total. The fraction of sp³-hybridized carbons (Fsp3) is 0.846. The van der Waals surface area contributed by atoms with E-state index in [-0.39, 0.29) is 6.03 Å². The number of carboxylic acids is 1. The number of hydrogen-bond acceptors (Lipinski definition) is 3. The van der Waals surface area contributed by atoms with Crippen LogP contribution >= 0.6 is 0 Å². The van der Waals surface area contributed by atoms with E-state index < -0.39 is 12.0 Å². The number of likely N-dealkylation sites (tertiary alicyclic amines) is 1. The molecule has 1 unspecified atom stereocenters. The second-order valence-electron chi connectivity index (χ2n) is 5.08. The lowest BCUT2D eigenvalue weighted by Crippen LogP contribution is -2.47. The number of hydrogen-bond donors (Lipinski definition) is 3. The highest BCUT2D eigenvalue weighted by molar-refractivity contribution is 5.82. The first-order chi connectivity index (χ1) is 9.06. The Kier molecular flexibility index (Phi) is 6.62. The molecule has 1 aliphatic rings. The molecule has 2 amide bonds. The Morgan fingerprint density at radius 2 is 2.16 bits per heavy atom. The average Bonchev–Trinajstić information content (AvgIpc) is 2.83. The first-order valence-corrected chi connectivity index (χ1v) is 7.06. The Balaban J connectivity index is 2.25. The number of nitrogens with one attached hydrogen (secondary N) is 2. The number of aliphatic carboxylic acids is 1. The highest BCUT2D eigenvalue weighted by atomic mass is 16.4. The molecule has 1 saturated heterocycles. The van der Waals surface area contributed by atoms with Crippen molar-refractivity contribution in [1.29, 1.82) is 0 Å². The SMILES string of the molecule is CCC[C@@H](NC(=O)NCC1CCN(CC)C1)C(=O)O. The maximum atomic E-state index is 11.6. The van der Waals surface area contributed by atoms with Crippen LogP contribution in [-0.2, 0) is 4.79 Å². The molecule has 1 rings (SSSR count). The van der Waals surface area contributed by atoms with Crippen LogP contribution in [0.5, 0.6) is 0 Å². The zero-order chi connectivity index (χ0) is 14.3. The summed E-state index contributed by atoms with van der Waals surface area (Å²) >= 11 is 0. The lowest BCUT2D eigenvalue weighted by Gasteiger charge is -2.16. The molecule has 2 atom stereocenters. The van der Waals surface area contributed by atoms with Crippen LogP contribution in [0.1, 0.15) is 33.1 Å². The van der Waals surface area contributed by atoms with Crippen molar-refractivity contribution < 1.29 is 14.7 Å². The number of rotatable bonds is 7. The Morgan fingerprint density at radius 1 is 1.42 bits per heavy atom. The van der Waals surface area contributed by atoms with Gasteiger partial charge >= 0.3 is 12.0 Å². The number of carbonyl (C=O) groups excluding carboxylic acids is 1. The third-order valence-corrected chi connectivity index (χ3v) is 3.55. The normalized spacial score (nSPS) is 21.1. The van der Waals surface area contributed by atoms with Gasteiger partial charge in [-0.05, 0) is 31.8 Å². The molecule has 0 aromatic rings. The first-order valence-electron chi connectivity index (χ1n) is 7.06. The van der Waals surface area contributed by atoms with E-state index in [1.54, 1.807) is 0 Å². The lowest BCUT2D eigenvalue weighted by atomic mass is 10.1. The van der Waals surface area contributed by atoms with E-state index in [2.05, 4.69) is 22.5 Å². The summed E-state index contributed by atoms with van der Waals surface area (Å²) in [6.45, 7) is 7.77. The van der Waals surface area contributed by atoms with Crippen molar-refractivity contribution in [2.45, 2.75) is 39.2 Å². The second kappa shape index (κ2) is 7.99. The maximum Gasteiger partial charge on any atom is 0.326 e. The summed E-state index contributed by atoms with van der Waals surface area (Å²) in [6.07, 6.45) is 2.27. The molecule has 0 aliphatic carbocycles. The van der Waals surface area contributed by atoms with Crippen molar-refractivity contribution in [1.82, 2.24) is 15.5 Å². The van der Waals surface area contributed by atoms with Crippen LogP contribution in [0.3, 0.4) is 0 Å². The molecule has 3 N–H and O–H groups in total. The van der Waals surface area contributed by atoms with Crippen LogP contribution in [0.2, 0.25) is 0 Å². The molecule has 0 spiro atoms. The quantitative estimate of drug-likeness (QED) is 0.642. The summed E-state index contributed by atoms with van der Waals surface area (Å²) in [7, 11) is 0. The number of carboxylic acid groups (broad SMARTS) is 1. The van der Waals surface area contributed by atoms with Gasteiger partial charge in [-0.25, -0.2) is 9.59 Å². The summed E-state index contributed by atoms with van der Waals surface area (Å²) in [6, 6.07) is -1.17. The largest absolute Gasteiger partial charge is 0.480 e. The van der Waals surface area contributed by atoms with Crippen molar-refractivity contribution in [2.75, 3.05) is 26.2 Å². The van der Waals surface area contributed by atoms with E-state index >= 15 is 0 Å². The minimum Gasteiger partial charge on any atom is -0.480 e. The van der Waals surface area contributed by atoms with E-state index in [0.717, 1.165) is 32.5 Å².